The van der Waals surface area contributed by atoms with Gasteiger partial charge >= 0.3 is 12.1 Å². The van der Waals surface area contributed by atoms with E-state index in [4.69, 9.17) is 4.74 Å². The molecule has 2 rings (SSSR count). The molecule has 1 aromatic heterocycles. The first-order chi connectivity index (χ1) is 13.0. The highest BCUT2D eigenvalue weighted by atomic mass is 79.9. The third-order valence-corrected chi connectivity index (χ3v) is 4.51. The van der Waals surface area contributed by atoms with Gasteiger partial charge in [-0.15, -0.1) is 0 Å². The zero-order valence-electron chi connectivity index (χ0n) is 15.8. The molecular formula is C19H22BrFN2O5. The van der Waals surface area contributed by atoms with Crippen LogP contribution in [-0.4, -0.2) is 33.4 Å². The third kappa shape index (κ3) is 5.79. The summed E-state index contributed by atoms with van der Waals surface area (Å²) in [5.41, 5.74) is -1.11. The number of alkyl carbamates (subject to hydrolysis) is 1. The highest BCUT2D eigenvalue weighted by Crippen LogP contribution is 2.21. The molecule has 7 nitrogen and oxygen atoms in total. The molecule has 0 radical (unpaired) electrons. The second-order valence-corrected chi connectivity index (χ2v) is 8.20. The van der Waals surface area contributed by atoms with E-state index < -0.39 is 29.5 Å². The molecule has 0 saturated carbocycles. The van der Waals surface area contributed by atoms with Gasteiger partial charge in [0, 0.05) is 12.7 Å². The predicted molar refractivity (Wildman–Crippen MR) is 106 cm³/mol. The second kappa shape index (κ2) is 8.72. The Balaban J connectivity index is 2.05. The van der Waals surface area contributed by atoms with Crippen LogP contribution in [0.15, 0.2) is 33.7 Å². The molecule has 0 bridgehead atoms. The first-order valence-corrected chi connectivity index (χ1v) is 9.48. The van der Waals surface area contributed by atoms with Crippen molar-refractivity contribution in [3.63, 3.8) is 0 Å². The number of pyridine rings is 1. The van der Waals surface area contributed by atoms with Crippen molar-refractivity contribution >= 4 is 38.8 Å². The minimum atomic E-state index is -1.19. The zero-order chi connectivity index (χ0) is 21.1. The number of benzene rings is 1. The summed E-state index contributed by atoms with van der Waals surface area (Å²) < 4.78 is 20.5. The molecule has 1 aromatic carbocycles. The van der Waals surface area contributed by atoms with E-state index in [1.54, 1.807) is 33.0 Å². The number of carbonyl (C=O) groups is 2. The summed E-state index contributed by atoms with van der Waals surface area (Å²) in [4.78, 5) is 35.7. The van der Waals surface area contributed by atoms with Gasteiger partial charge < -0.3 is 19.7 Å². The van der Waals surface area contributed by atoms with Crippen molar-refractivity contribution in [3.8, 4) is 0 Å². The van der Waals surface area contributed by atoms with Crippen LogP contribution < -0.4 is 10.9 Å². The molecule has 0 spiro atoms. The molecule has 1 atom stereocenters. The average Bonchev–Trinajstić information content (AvgIpc) is 2.56. The van der Waals surface area contributed by atoms with Crippen molar-refractivity contribution in [2.75, 3.05) is 0 Å². The molecule has 152 valence electrons. The van der Waals surface area contributed by atoms with Gasteiger partial charge in [-0.2, -0.15) is 0 Å². The van der Waals surface area contributed by atoms with Gasteiger partial charge in [-0.25, -0.2) is 14.0 Å². The van der Waals surface area contributed by atoms with Crippen molar-refractivity contribution in [1.82, 2.24) is 9.88 Å². The molecule has 2 N–H and O–H groups in total. The van der Waals surface area contributed by atoms with Crippen LogP contribution in [0.5, 0.6) is 0 Å². The maximum Gasteiger partial charge on any atom is 0.408 e. The molecular weight excluding hydrogens is 435 g/mol. The number of carboxylic acid groups (broad SMARTS) is 1. The van der Waals surface area contributed by atoms with Crippen molar-refractivity contribution < 1.29 is 23.8 Å². The number of rotatable bonds is 6. The third-order valence-electron chi connectivity index (χ3n) is 3.90. The van der Waals surface area contributed by atoms with Gasteiger partial charge in [-0.05, 0) is 73.1 Å². The number of amides is 1. The predicted octanol–water partition coefficient (Wildman–Crippen LogP) is 3.66. The van der Waals surface area contributed by atoms with Crippen LogP contribution >= 0.6 is 15.9 Å². The second-order valence-electron chi connectivity index (χ2n) is 7.35. The smallest absolute Gasteiger partial charge is 0.408 e. The number of aromatic nitrogens is 1. The van der Waals surface area contributed by atoms with Crippen LogP contribution in [0, 0.1) is 5.82 Å². The Hall–Kier alpha value is -2.42. The van der Waals surface area contributed by atoms with Gasteiger partial charge in [0.1, 0.15) is 17.5 Å². The normalized spacial score (nSPS) is 12.6. The van der Waals surface area contributed by atoms with Crippen LogP contribution in [-0.2, 0) is 16.1 Å². The summed E-state index contributed by atoms with van der Waals surface area (Å²) in [6.07, 6.45) is 1.18. The maximum atomic E-state index is 13.7. The van der Waals surface area contributed by atoms with E-state index >= 15 is 0 Å². The lowest BCUT2D eigenvalue weighted by Crippen LogP contribution is -2.43. The van der Waals surface area contributed by atoms with Crippen molar-refractivity contribution in [3.05, 3.63) is 45.0 Å². The number of nitrogens with one attached hydrogen (secondary N) is 1. The maximum absolute atomic E-state index is 13.7. The summed E-state index contributed by atoms with van der Waals surface area (Å²) in [6, 6.07) is 3.25. The van der Waals surface area contributed by atoms with E-state index in [9.17, 15) is 23.9 Å². The van der Waals surface area contributed by atoms with Crippen LogP contribution in [0.3, 0.4) is 0 Å². The van der Waals surface area contributed by atoms with Crippen molar-refractivity contribution in [1.29, 1.82) is 0 Å². The van der Waals surface area contributed by atoms with E-state index in [1.807, 2.05) is 0 Å². The standard InChI is InChI=1S/C19H22BrFN2O5/c1-19(2,3)28-18(27)22-15(17(25)26)5-4-7-23-8-6-11-9-13(20)14(21)10-12(11)16(23)24/h6,8-10,15H,4-5,7H2,1-3H3,(H,22,27)(H,25,26). The van der Waals surface area contributed by atoms with Gasteiger partial charge in [0.25, 0.3) is 5.56 Å². The molecule has 28 heavy (non-hydrogen) atoms. The number of aliphatic carboxylic acids is 1. The molecule has 1 unspecified atom stereocenters. The SMILES string of the molecule is CC(C)(C)OC(=O)NC(CCCn1ccc2cc(Br)c(F)cc2c1=O)C(=O)O. The van der Waals surface area contributed by atoms with Gasteiger partial charge in [0.15, 0.2) is 0 Å². The quantitative estimate of drug-likeness (QED) is 0.690. The van der Waals surface area contributed by atoms with Gasteiger partial charge in [-0.3, -0.25) is 4.79 Å². The fourth-order valence-corrected chi connectivity index (χ4v) is 2.99. The molecule has 1 heterocycles. The summed E-state index contributed by atoms with van der Waals surface area (Å²) in [5, 5.41) is 12.4. The number of carbonyl (C=O) groups excluding carboxylic acids is 1. The summed E-state index contributed by atoms with van der Waals surface area (Å²) in [7, 11) is 0. The first-order valence-electron chi connectivity index (χ1n) is 8.68. The Kier molecular flexibility index (Phi) is 6.82. The van der Waals surface area contributed by atoms with Crippen molar-refractivity contribution in [2.24, 2.45) is 0 Å². The number of fused-ring (bicyclic) bond motifs is 1. The number of hydrogen-bond donors (Lipinski definition) is 2. The Labute approximate surface area is 169 Å². The number of aryl methyl sites for hydroxylation is 1. The minimum absolute atomic E-state index is 0.105. The molecule has 9 heteroatoms. The van der Waals surface area contributed by atoms with E-state index in [0.29, 0.717) is 11.8 Å². The lowest BCUT2D eigenvalue weighted by molar-refractivity contribution is -0.139. The summed E-state index contributed by atoms with van der Waals surface area (Å²) in [6.45, 7) is 5.26. The number of hydrogen-bond acceptors (Lipinski definition) is 4. The zero-order valence-corrected chi connectivity index (χ0v) is 17.4. The molecule has 0 aliphatic carbocycles. The Bertz CT molecular complexity index is 952. The minimum Gasteiger partial charge on any atom is -0.480 e. The summed E-state index contributed by atoms with van der Waals surface area (Å²) in [5.74, 6) is -1.72. The molecule has 0 saturated heterocycles. The number of nitrogens with zero attached hydrogens (tertiary/aromatic N) is 1. The number of halogens is 2. The Morgan fingerprint density at radius 3 is 2.64 bits per heavy atom. The highest BCUT2D eigenvalue weighted by Gasteiger charge is 2.23. The summed E-state index contributed by atoms with van der Waals surface area (Å²) >= 11 is 3.08. The van der Waals surface area contributed by atoms with Gasteiger partial charge in [-0.1, -0.05) is 0 Å². The largest absolute Gasteiger partial charge is 0.480 e. The van der Waals surface area contributed by atoms with Gasteiger partial charge in [0.2, 0.25) is 0 Å². The fourth-order valence-electron chi connectivity index (χ4n) is 2.63. The Morgan fingerprint density at radius 2 is 2.04 bits per heavy atom. The highest BCUT2D eigenvalue weighted by molar-refractivity contribution is 9.10. The first kappa shape index (κ1) is 21.9. The van der Waals surface area contributed by atoms with E-state index in [2.05, 4.69) is 21.2 Å². The molecule has 1 amide bonds. The van der Waals surface area contributed by atoms with Crippen LogP contribution in [0.1, 0.15) is 33.6 Å². The lowest BCUT2D eigenvalue weighted by atomic mass is 10.1. The molecule has 0 aliphatic heterocycles. The Morgan fingerprint density at radius 1 is 1.36 bits per heavy atom. The molecule has 2 aromatic rings. The lowest BCUT2D eigenvalue weighted by Gasteiger charge is -2.22. The van der Waals surface area contributed by atoms with E-state index in [0.717, 1.165) is 0 Å². The van der Waals surface area contributed by atoms with Crippen LogP contribution in [0.4, 0.5) is 9.18 Å². The fraction of sp³-hybridized carbons (Fsp3) is 0.421. The monoisotopic (exact) mass is 456 g/mol. The van der Waals surface area contributed by atoms with Crippen LogP contribution in [0.2, 0.25) is 0 Å². The average molecular weight is 457 g/mol. The van der Waals surface area contributed by atoms with Crippen molar-refractivity contribution in [2.45, 2.75) is 51.8 Å². The number of carboxylic acids is 1. The topological polar surface area (TPSA) is 97.6 Å². The van der Waals surface area contributed by atoms with Crippen LogP contribution in [0.25, 0.3) is 10.8 Å². The molecule has 0 aliphatic rings. The van der Waals surface area contributed by atoms with Gasteiger partial charge in [0.05, 0.1) is 9.86 Å². The van der Waals surface area contributed by atoms with E-state index in [-0.39, 0.29) is 28.4 Å². The van der Waals surface area contributed by atoms with E-state index in [1.165, 1.54) is 16.7 Å². The molecule has 0 fully saturated rings. The number of ether oxygens (including phenoxy) is 1.